The van der Waals surface area contributed by atoms with Gasteiger partial charge >= 0.3 is 0 Å². The van der Waals surface area contributed by atoms with Crippen LogP contribution in [0.25, 0.3) is 11.5 Å². The maximum Gasteiger partial charge on any atom is 0.166 e. The van der Waals surface area contributed by atoms with Crippen molar-refractivity contribution >= 4 is 31.9 Å². The van der Waals surface area contributed by atoms with Gasteiger partial charge in [0.25, 0.3) is 0 Å². The molecule has 5 heteroatoms. The molecule has 0 aliphatic rings. The van der Waals surface area contributed by atoms with Crippen LogP contribution >= 0.6 is 31.9 Å². The number of nitrogens with zero attached hydrogens (tertiary/aromatic N) is 2. The topological polar surface area (TPSA) is 38.9 Å². The van der Waals surface area contributed by atoms with Gasteiger partial charge in [0.15, 0.2) is 5.76 Å². The molecule has 0 radical (unpaired) electrons. The van der Waals surface area contributed by atoms with Gasteiger partial charge in [-0.2, -0.15) is 0 Å². The lowest BCUT2D eigenvalue weighted by atomic mass is 10.3. The summed E-state index contributed by atoms with van der Waals surface area (Å²) in [6.07, 6.45) is 1.62. The average molecular weight is 318 g/mol. The maximum absolute atomic E-state index is 5.30. The Bertz CT molecular complexity index is 447. The predicted molar refractivity (Wildman–Crippen MR) is 59.9 cm³/mol. The second-order valence-corrected chi connectivity index (χ2v) is 4.39. The highest BCUT2D eigenvalue weighted by molar-refractivity contribution is 9.10. The molecule has 0 unspecified atom stereocenters. The summed E-state index contributed by atoms with van der Waals surface area (Å²) < 4.78 is 6.95. The number of rotatable bonds is 1. The molecule has 0 N–H and O–H groups in total. The highest BCUT2D eigenvalue weighted by Crippen LogP contribution is 2.28. The molecule has 0 saturated carbocycles. The summed E-state index contributed by atoms with van der Waals surface area (Å²) in [5.41, 5.74) is 0.765. The normalized spacial score (nSPS) is 10.5. The first-order valence-electron chi connectivity index (χ1n) is 3.91. The van der Waals surface area contributed by atoms with Crippen LogP contribution in [-0.4, -0.2) is 9.97 Å². The first kappa shape index (κ1) is 9.86. The largest absolute Gasteiger partial charge is 0.461 e. The Kier molecular flexibility index (Phi) is 2.69. The lowest BCUT2D eigenvalue weighted by Gasteiger charge is -1.99. The van der Waals surface area contributed by atoms with E-state index >= 15 is 0 Å². The minimum Gasteiger partial charge on any atom is -0.461 e. The van der Waals surface area contributed by atoms with Crippen molar-refractivity contribution in [1.29, 1.82) is 0 Å². The van der Waals surface area contributed by atoms with E-state index in [4.69, 9.17) is 4.42 Å². The Labute approximate surface area is 97.8 Å². The average Bonchev–Trinajstić information content (AvgIpc) is 2.49. The molecular formula is C9H6Br2N2O. The molecule has 14 heavy (non-hydrogen) atoms. The van der Waals surface area contributed by atoms with E-state index in [-0.39, 0.29) is 0 Å². The van der Waals surface area contributed by atoms with E-state index in [1.807, 2.05) is 19.1 Å². The summed E-state index contributed by atoms with van der Waals surface area (Å²) >= 11 is 6.70. The van der Waals surface area contributed by atoms with Gasteiger partial charge < -0.3 is 4.42 Å². The lowest BCUT2D eigenvalue weighted by molar-refractivity contribution is 0.578. The third-order valence-electron chi connectivity index (χ3n) is 1.66. The molecule has 0 aliphatic heterocycles. The molecule has 0 saturated heterocycles. The Morgan fingerprint density at radius 2 is 2.07 bits per heavy atom. The third kappa shape index (κ3) is 1.88. The lowest BCUT2D eigenvalue weighted by Crippen LogP contribution is -1.90. The summed E-state index contributed by atoms with van der Waals surface area (Å²) in [7, 11) is 0. The third-order valence-corrected chi connectivity index (χ3v) is 2.69. The van der Waals surface area contributed by atoms with Crippen LogP contribution in [0.15, 0.2) is 31.9 Å². The first-order chi connectivity index (χ1) is 6.66. The Hall–Kier alpha value is -0.680. The van der Waals surface area contributed by atoms with Crippen LogP contribution in [0.3, 0.4) is 0 Å². The standard InChI is InChI=1S/C9H6Br2N2O/c1-5-12-7(4-8(11)13-5)9-6(10)2-3-14-9/h2-4H,1H3. The predicted octanol–water partition coefficient (Wildman–Crippen LogP) is 3.57. The molecule has 3 nitrogen and oxygen atoms in total. The Morgan fingerprint density at radius 1 is 1.29 bits per heavy atom. The van der Waals surface area contributed by atoms with Crippen molar-refractivity contribution in [3.63, 3.8) is 0 Å². The molecule has 2 aromatic rings. The fourth-order valence-electron chi connectivity index (χ4n) is 1.12. The van der Waals surface area contributed by atoms with Crippen LogP contribution < -0.4 is 0 Å². The van der Waals surface area contributed by atoms with E-state index in [1.165, 1.54) is 0 Å². The van der Waals surface area contributed by atoms with Crippen molar-refractivity contribution < 1.29 is 4.42 Å². The number of aromatic nitrogens is 2. The molecule has 72 valence electrons. The molecule has 0 aliphatic carbocycles. The maximum atomic E-state index is 5.30. The fraction of sp³-hybridized carbons (Fsp3) is 0.111. The zero-order valence-corrected chi connectivity index (χ0v) is 10.5. The van der Waals surface area contributed by atoms with Crippen LogP contribution in [0.1, 0.15) is 5.82 Å². The van der Waals surface area contributed by atoms with E-state index in [9.17, 15) is 0 Å². The number of aryl methyl sites for hydroxylation is 1. The van der Waals surface area contributed by atoms with Gasteiger partial charge in [0, 0.05) is 6.07 Å². The van der Waals surface area contributed by atoms with Gasteiger partial charge in [0.1, 0.15) is 16.1 Å². The second kappa shape index (κ2) is 3.82. The summed E-state index contributed by atoms with van der Waals surface area (Å²) in [6, 6.07) is 3.65. The minimum absolute atomic E-state index is 0.706. The summed E-state index contributed by atoms with van der Waals surface area (Å²) in [5.74, 6) is 1.42. The number of hydrogen-bond donors (Lipinski definition) is 0. The Morgan fingerprint density at radius 3 is 2.64 bits per heavy atom. The molecule has 2 heterocycles. The van der Waals surface area contributed by atoms with Gasteiger partial charge in [-0.3, -0.25) is 0 Å². The van der Waals surface area contributed by atoms with Gasteiger partial charge in [-0.25, -0.2) is 9.97 Å². The van der Waals surface area contributed by atoms with Gasteiger partial charge in [-0.05, 0) is 44.8 Å². The van der Waals surface area contributed by atoms with Gasteiger partial charge in [-0.15, -0.1) is 0 Å². The van der Waals surface area contributed by atoms with Crippen LogP contribution in [0.4, 0.5) is 0 Å². The molecule has 2 aromatic heterocycles. The van der Waals surface area contributed by atoms with Crippen molar-refractivity contribution in [2.24, 2.45) is 0 Å². The smallest absolute Gasteiger partial charge is 0.166 e. The summed E-state index contributed by atoms with van der Waals surface area (Å²) in [4.78, 5) is 8.39. The van der Waals surface area contributed by atoms with Crippen molar-refractivity contribution in [1.82, 2.24) is 9.97 Å². The summed E-state index contributed by atoms with van der Waals surface area (Å²) in [5, 5.41) is 0. The number of halogens is 2. The highest BCUT2D eigenvalue weighted by Gasteiger charge is 2.09. The quantitative estimate of drug-likeness (QED) is 0.755. The van der Waals surface area contributed by atoms with Crippen LogP contribution in [0.5, 0.6) is 0 Å². The van der Waals surface area contributed by atoms with Crippen molar-refractivity contribution in [2.45, 2.75) is 6.92 Å². The molecule has 2 rings (SSSR count). The molecule has 0 bridgehead atoms. The number of furan rings is 1. The van der Waals surface area contributed by atoms with Gasteiger partial charge in [0.2, 0.25) is 0 Å². The monoisotopic (exact) mass is 316 g/mol. The zero-order chi connectivity index (χ0) is 10.1. The van der Waals surface area contributed by atoms with Gasteiger partial charge in [0.05, 0.1) is 10.7 Å². The van der Waals surface area contributed by atoms with E-state index in [2.05, 4.69) is 41.8 Å². The minimum atomic E-state index is 0.706. The van der Waals surface area contributed by atoms with Crippen LogP contribution in [0, 0.1) is 6.92 Å². The molecule has 0 amide bonds. The van der Waals surface area contributed by atoms with E-state index in [0.717, 1.165) is 20.5 Å². The molecule has 0 aromatic carbocycles. The zero-order valence-electron chi connectivity index (χ0n) is 7.29. The van der Waals surface area contributed by atoms with Gasteiger partial charge in [-0.1, -0.05) is 0 Å². The fourth-order valence-corrected chi connectivity index (χ4v) is 2.00. The Balaban J connectivity index is 2.57. The molecule has 0 spiro atoms. The van der Waals surface area contributed by atoms with Crippen molar-refractivity contribution in [3.8, 4) is 11.5 Å². The SMILES string of the molecule is Cc1nc(Br)cc(-c2occc2Br)n1. The molecular weight excluding hydrogens is 312 g/mol. The first-order valence-corrected chi connectivity index (χ1v) is 5.50. The summed E-state index contributed by atoms with van der Waals surface area (Å²) in [6.45, 7) is 1.84. The number of hydrogen-bond acceptors (Lipinski definition) is 3. The van der Waals surface area contributed by atoms with E-state index < -0.39 is 0 Å². The van der Waals surface area contributed by atoms with E-state index in [1.54, 1.807) is 6.26 Å². The molecule has 0 atom stereocenters. The molecule has 0 fully saturated rings. The van der Waals surface area contributed by atoms with Crippen molar-refractivity contribution in [2.75, 3.05) is 0 Å². The second-order valence-electron chi connectivity index (χ2n) is 2.72. The highest BCUT2D eigenvalue weighted by atomic mass is 79.9. The van der Waals surface area contributed by atoms with Crippen LogP contribution in [-0.2, 0) is 0 Å². The van der Waals surface area contributed by atoms with Crippen LogP contribution in [0.2, 0.25) is 0 Å². The van der Waals surface area contributed by atoms with E-state index in [0.29, 0.717) is 5.82 Å². The van der Waals surface area contributed by atoms with Crippen molar-refractivity contribution in [3.05, 3.63) is 33.3 Å².